The smallest absolute Gasteiger partial charge is 0.0873 e. The van der Waals surface area contributed by atoms with Gasteiger partial charge in [-0.15, -0.1) is 6.58 Å². The minimum Gasteiger partial charge on any atom is -0.396 e. The molecule has 1 unspecified atom stereocenters. The van der Waals surface area contributed by atoms with Crippen molar-refractivity contribution >= 4 is 13.3 Å². The van der Waals surface area contributed by atoms with E-state index < -0.39 is 8.07 Å². The molecule has 0 heterocycles. The van der Waals surface area contributed by atoms with Gasteiger partial charge >= 0.3 is 0 Å². The van der Waals surface area contributed by atoms with Gasteiger partial charge in [0.1, 0.15) is 0 Å². The molecule has 0 amide bonds. The maximum absolute atomic E-state index is 8.93. The van der Waals surface area contributed by atoms with Crippen LogP contribution in [0.4, 0.5) is 0 Å². The van der Waals surface area contributed by atoms with Crippen molar-refractivity contribution in [2.45, 2.75) is 31.5 Å². The topological polar surface area (TPSA) is 20.2 Å². The molecule has 0 spiro atoms. The summed E-state index contributed by atoms with van der Waals surface area (Å²) in [5.41, 5.74) is 0.544. The van der Waals surface area contributed by atoms with E-state index in [1.165, 1.54) is 5.19 Å². The number of rotatable bonds is 6. The molecule has 0 aromatic heterocycles. The van der Waals surface area contributed by atoms with Crippen LogP contribution in [0.2, 0.25) is 18.6 Å². The first-order valence-corrected chi connectivity index (χ1v) is 8.99. The molecule has 0 fully saturated rings. The lowest BCUT2D eigenvalue weighted by Crippen LogP contribution is -2.45. The third-order valence-corrected chi connectivity index (χ3v) is 7.60. The van der Waals surface area contributed by atoms with Crippen molar-refractivity contribution in [3.63, 3.8) is 0 Å². The Morgan fingerprint density at radius 1 is 1.31 bits per heavy atom. The molecule has 1 nitrogen and oxygen atoms in total. The Balaban J connectivity index is 2.85. The summed E-state index contributed by atoms with van der Waals surface area (Å²) in [4.78, 5) is 0. The molecule has 1 atom stereocenters. The fourth-order valence-corrected chi connectivity index (χ4v) is 5.16. The number of hydrogen-bond donors (Lipinski definition) is 1. The first-order valence-electron chi connectivity index (χ1n) is 5.92. The number of benzene rings is 1. The van der Waals surface area contributed by atoms with Gasteiger partial charge in [-0.25, -0.2) is 0 Å². The molecule has 0 radical (unpaired) electrons. The maximum atomic E-state index is 8.93. The summed E-state index contributed by atoms with van der Waals surface area (Å²) >= 11 is 0. The average Bonchev–Trinajstić information content (AvgIpc) is 2.31. The first kappa shape index (κ1) is 13.2. The van der Waals surface area contributed by atoms with Gasteiger partial charge in [-0.1, -0.05) is 54.7 Å². The molecule has 0 bridgehead atoms. The minimum absolute atomic E-state index is 0.281. The fraction of sp³-hybridized carbons (Fsp3) is 0.429. The largest absolute Gasteiger partial charge is 0.396 e. The summed E-state index contributed by atoms with van der Waals surface area (Å²) in [6, 6.07) is 10.7. The Morgan fingerprint density at radius 2 is 1.94 bits per heavy atom. The lowest BCUT2D eigenvalue weighted by molar-refractivity contribution is 0.285. The molecule has 88 valence electrons. The van der Waals surface area contributed by atoms with Gasteiger partial charge in [-0.2, -0.15) is 0 Å². The predicted octanol–water partition coefficient (Wildman–Crippen LogP) is 2.93. The van der Waals surface area contributed by atoms with Crippen molar-refractivity contribution in [2.75, 3.05) is 6.61 Å². The Bertz CT molecular complexity index is 319. The lowest BCUT2D eigenvalue weighted by atomic mass is 10.2. The van der Waals surface area contributed by atoms with Crippen molar-refractivity contribution in [3.8, 4) is 0 Å². The quantitative estimate of drug-likeness (QED) is 0.593. The first-order chi connectivity index (χ1) is 7.62. The second-order valence-corrected chi connectivity index (χ2v) is 9.56. The molecule has 0 saturated heterocycles. The SMILES string of the molecule is C=CC(CCCO)[Si](C)(C)c1ccccc1. The molecule has 2 heteroatoms. The summed E-state index contributed by atoms with van der Waals surface area (Å²) in [6.45, 7) is 9.00. The molecule has 0 aliphatic carbocycles. The number of aliphatic hydroxyl groups is 1. The van der Waals surface area contributed by atoms with Gasteiger partial charge in [0.15, 0.2) is 0 Å². The van der Waals surface area contributed by atoms with Crippen LogP contribution in [0, 0.1) is 0 Å². The van der Waals surface area contributed by atoms with Crippen LogP contribution in [0.3, 0.4) is 0 Å². The second kappa shape index (κ2) is 6.02. The molecule has 1 rings (SSSR count). The molecular formula is C14H22OSi. The van der Waals surface area contributed by atoms with Gasteiger partial charge < -0.3 is 5.11 Å². The third-order valence-electron chi connectivity index (χ3n) is 3.40. The molecular weight excluding hydrogens is 212 g/mol. The van der Waals surface area contributed by atoms with Crippen LogP contribution in [-0.2, 0) is 0 Å². The third kappa shape index (κ3) is 3.06. The Kier molecular flexibility index (Phi) is 4.96. The van der Waals surface area contributed by atoms with Crippen molar-refractivity contribution in [2.24, 2.45) is 0 Å². The molecule has 1 N–H and O–H groups in total. The zero-order valence-electron chi connectivity index (χ0n) is 10.3. The van der Waals surface area contributed by atoms with Crippen LogP contribution in [-0.4, -0.2) is 19.8 Å². The van der Waals surface area contributed by atoms with Gasteiger partial charge in [0.05, 0.1) is 8.07 Å². The molecule has 0 aliphatic rings. The summed E-state index contributed by atoms with van der Waals surface area (Å²) < 4.78 is 0. The van der Waals surface area contributed by atoms with Gasteiger partial charge in [-0.05, 0) is 18.4 Å². The summed E-state index contributed by atoms with van der Waals surface area (Å²) in [7, 11) is -1.48. The van der Waals surface area contributed by atoms with E-state index in [4.69, 9.17) is 5.11 Å². The van der Waals surface area contributed by atoms with E-state index in [1.54, 1.807) is 0 Å². The predicted molar refractivity (Wildman–Crippen MR) is 73.8 cm³/mol. The van der Waals surface area contributed by atoms with Crippen molar-refractivity contribution < 1.29 is 5.11 Å². The zero-order valence-corrected chi connectivity index (χ0v) is 11.3. The van der Waals surface area contributed by atoms with Crippen molar-refractivity contribution in [1.82, 2.24) is 0 Å². The maximum Gasteiger partial charge on any atom is 0.0873 e. The monoisotopic (exact) mass is 234 g/mol. The Hall–Kier alpha value is -0.863. The van der Waals surface area contributed by atoms with E-state index in [0.717, 1.165) is 12.8 Å². The highest BCUT2D eigenvalue weighted by molar-refractivity contribution is 6.91. The summed E-state index contributed by atoms with van der Waals surface area (Å²) in [5, 5.41) is 10.4. The van der Waals surface area contributed by atoms with Crippen molar-refractivity contribution in [3.05, 3.63) is 43.0 Å². The summed E-state index contributed by atoms with van der Waals surface area (Å²) in [6.07, 6.45) is 4.00. The highest BCUT2D eigenvalue weighted by Gasteiger charge is 2.30. The van der Waals surface area contributed by atoms with Gasteiger partial charge in [-0.3, -0.25) is 0 Å². The highest BCUT2D eigenvalue weighted by atomic mass is 28.3. The van der Waals surface area contributed by atoms with Gasteiger partial charge in [0.25, 0.3) is 0 Å². The fourth-order valence-electron chi connectivity index (χ4n) is 2.17. The minimum atomic E-state index is -1.48. The normalized spacial score (nSPS) is 13.4. The van der Waals surface area contributed by atoms with Crippen LogP contribution >= 0.6 is 0 Å². The average molecular weight is 234 g/mol. The van der Waals surface area contributed by atoms with E-state index in [-0.39, 0.29) is 6.61 Å². The Morgan fingerprint density at radius 3 is 2.44 bits per heavy atom. The van der Waals surface area contributed by atoms with Crippen molar-refractivity contribution in [1.29, 1.82) is 0 Å². The summed E-state index contributed by atoms with van der Waals surface area (Å²) in [5.74, 6) is 0. The molecule has 1 aromatic carbocycles. The standard InChI is InChI=1S/C14H22OSi/c1-4-13(11-8-12-15)16(2,3)14-9-6-5-7-10-14/h4-7,9-10,13,15H,1,8,11-12H2,2-3H3. The van der Waals surface area contributed by atoms with E-state index in [0.29, 0.717) is 5.54 Å². The van der Waals surface area contributed by atoms with Gasteiger partial charge in [0.2, 0.25) is 0 Å². The van der Waals surface area contributed by atoms with E-state index in [2.05, 4.69) is 56.1 Å². The Labute approximate surface area is 99.8 Å². The van der Waals surface area contributed by atoms with E-state index >= 15 is 0 Å². The number of hydrogen-bond acceptors (Lipinski definition) is 1. The number of allylic oxidation sites excluding steroid dienone is 1. The van der Waals surface area contributed by atoms with E-state index in [9.17, 15) is 0 Å². The van der Waals surface area contributed by atoms with Crippen LogP contribution in [0.1, 0.15) is 12.8 Å². The van der Waals surface area contributed by atoms with Crippen LogP contribution in [0.15, 0.2) is 43.0 Å². The molecule has 1 aromatic rings. The molecule has 0 aliphatic heterocycles. The highest BCUT2D eigenvalue weighted by Crippen LogP contribution is 2.27. The van der Waals surface area contributed by atoms with Crippen LogP contribution in [0.5, 0.6) is 0 Å². The lowest BCUT2D eigenvalue weighted by Gasteiger charge is -2.30. The van der Waals surface area contributed by atoms with Crippen LogP contribution < -0.4 is 5.19 Å². The zero-order chi connectivity index (χ0) is 12.0. The molecule has 16 heavy (non-hydrogen) atoms. The number of aliphatic hydroxyl groups excluding tert-OH is 1. The second-order valence-electron chi connectivity index (χ2n) is 4.80. The van der Waals surface area contributed by atoms with E-state index in [1.807, 2.05) is 0 Å². The van der Waals surface area contributed by atoms with Gasteiger partial charge in [0, 0.05) is 6.61 Å². The molecule has 0 saturated carbocycles. The van der Waals surface area contributed by atoms with Crippen LogP contribution in [0.25, 0.3) is 0 Å².